The van der Waals surface area contributed by atoms with Crippen LogP contribution in [-0.2, 0) is 4.79 Å². The molecule has 0 radical (unpaired) electrons. The number of fused-ring (bicyclic) bond motifs is 2. The Balaban J connectivity index is 1.79. The highest BCUT2D eigenvalue weighted by molar-refractivity contribution is 6.31. The maximum atomic E-state index is 12.6. The summed E-state index contributed by atoms with van der Waals surface area (Å²) in [6.07, 6.45) is 4.01. The van der Waals surface area contributed by atoms with E-state index in [-0.39, 0.29) is 11.9 Å². The standard InChI is InChI=1S/C17H18ClN3O/c1-11-17(22)20-8-2-3-13(20)10-21(11)16-6-7-19-15-9-12(18)4-5-14(15)16/h4-7,9,11,13H,2-3,8,10H2,1H3/t11-,13+/m0/s1. The van der Waals surface area contributed by atoms with Crippen LogP contribution >= 0.6 is 11.6 Å². The van der Waals surface area contributed by atoms with Crippen molar-refractivity contribution in [2.45, 2.75) is 31.8 Å². The Kier molecular flexibility index (Phi) is 3.22. The van der Waals surface area contributed by atoms with E-state index in [4.69, 9.17) is 11.6 Å². The Morgan fingerprint density at radius 3 is 3.00 bits per heavy atom. The molecular weight excluding hydrogens is 298 g/mol. The fourth-order valence-corrected chi connectivity index (χ4v) is 3.90. The first-order valence-electron chi connectivity index (χ1n) is 7.76. The number of piperazine rings is 1. The maximum absolute atomic E-state index is 12.6. The predicted molar refractivity (Wildman–Crippen MR) is 88.3 cm³/mol. The summed E-state index contributed by atoms with van der Waals surface area (Å²) in [6.45, 7) is 3.81. The van der Waals surface area contributed by atoms with Gasteiger partial charge in [-0.1, -0.05) is 11.6 Å². The number of rotatable bonds is 1. The molecule has 22 heavy (non-hydrogen) atoms. The van der Waals surface area contributed by atoms with Crippen LogP contribution in [0.15, 0.2) is 30.5 Å². The molecule has 2 fully saturated rings. The van der Waals surface area contributed by atoms with Gasteiger partial charge < -0.3 is 9.80 Å². The van der Waals surface area contributed by atoms with Gasteiger partial charge in [0.15, 0.2) is 0 Å². The van der Waals surface area contributed by atoms with Gasteiger partial charge in [-0.2, -0.15) is 0 Å². The van der Waals surface area contributed by atoms with Crippen LogP contribution in [0.2, 0.25) is 5.02 Å². The first-order valence-corrected chi connectivity index (χ1v) is 8.14. The number of anilines is 1. The van der Waals surface area contributed by atoms with Gasteiger partial charge in [0.1, 0.15) is 6.04 Å². The van der Waals surface area contributed by atoms with E-state index in [2.05, 4.69) is 14.8 Å². The minimum atomic E-state index is -0.129. The molecule has 0 unspecified atom stereocenters. The molecule has 2 saturated heterocycles. The van der Waals surface area contributed by atoms with Crippen molar-refractivity contribution in [3.63, 3.8) is 0 Å². The van der Waals surface area contributed by atoms with E-state index < -0.39 is 0 Å². The lowest BCUT2D eigenvalue weighted by molar-refractivity contribution is -0.134. The van der Waals surface area contributed by atoms with Crippen molar-refractivity contribution < 1.29 is 4.79 Å². The quantitative estimate of drug-likeness (QED) is 0.811. The fraction of sp³-hybridized carbons (Fsp3) is 0.412. The lowest BCUT2D eigenvalue weighted by Crippen LogP contribution is -2.58. The first kappa shape index (κ1) is 13.8. The number of carbonyl (C=O) groups is 1. The third kappa shape index (κ3) is 2.05. The highest BCUT2D eigenvalue weighted by atomic mass is 35.5. The summed E-state index contributed by atoms with van der Waals surface area (Å²) in [5.74, 6) is 0.243. The van der Waals surface area contributed by atoms with Crippen molar-refractivity contribution in [1.29, 1.82) is 0 Å². The van der Waals surface area contributed by atoms with Crippen LogP contribution in [-0.4, -0.2) is 41.0 Å². The molecule has 4 nitrogen and oxygen atoms in total. The first-order chi connectivity index (χ1) is 10.6. The predicted octanol–water partition coefficient (Wildman–Crippen LogP) is 3.09. The number of aromatic nitrogens is 1. The Labute approximate surface area is 134 Å². The van der Waals surface area contributed by atoms with Crippen LogP contribution in [0.5, 0.6) is 0 Å². The molecule has 2 atom stereocenters. The average Bonchev–Trinajstić information content (AvgIpc) is 2.98. The number of pyridine rings is 1. The lowest BCUT2D eigenvalue weighted by Gasteiger charge is -2.43. The molecule has 1 amide bonds. The van der Waals surface area contributed by atoms with Crippen molar-refractivity contribution in [1.82, 2.24) is 9.88 Å². The third-order valence-corrected chi connectivity index (χ3v) is 5.12. The SMILES string of the molecule is C[C@H]1C(=O)N2CCC[C@@H]2CN1c1ccnc2cc(Cl)ccc12. The highest BCUT2D eigenvalue weighted by Crippen LogP contribution is 2.33. The zero-order valence-corrected chi connectivity index (χ0v) is 13.3. The van der Waals surface area contributed by atoms with E-state index in [1.807, 2.05) is 31.2 Å². The minimum Gasteiger partial charge on any atom is -0.357 e. The Morgan fingerprint density at radius 1 is 1.27 bits per heavy atom. The number of amides is 1. The molecule has 3 heterocycles. The van der Waals surface area contributed by atoms with Crippen molar-refractivity contribution in [3.05, 3.63) is 35.5 Å². The Hall–Kier alpha value is -1.81. The highest BCUT2D eigenvalue weighted by Gasteiger charge is 2.40. The monoisotopic (exact) mass is 315 g/mol. The second kappa shape index (κ2) is 5.13. The van der Waals surface area contributed by atoms with Crippen LogP contribution in [0.1, 0.15) is 19.8 Å². The Bertz CT molecular complexity index is 748. The van der Waals surface area contributed by atoms with Crippen molar-refractivity contribution in [2.75, 3.05) is 18.0 Å². The average molecular weight is 316 g/mol. The number of nitrogens with zero attached hydrogens (tertiary/aromatic N) is 3. The van der Waals surface area contributed by atoms with Gasteiger partial charge in [0.05, 0.1) is 5.52 Å². The van der Waals surface area contributed by atoms with E-state index in [9.17, 15) is 4.79 Å². The van der Waals surface area contributed by atoms with E-state index in [0.29, 0.717) is 11.1 Å². The van der Waals surface area contributed by atoms with Crippen molar-refractivity contribution >= 4 is 34.1 Å². The zero-order chi connectivity index (χ0) is 15.3. The van der Waals surface area contributed by atoms with Crippen LogP contribution in [0, 0.1) is 0 Å². The fourth-order valence-electron chi connectivity index (χ4n) is 3.74. The molecule has 0 saturated carbocycles. The lowest BCUT2D eigenvalue weighted by atomic mass is 10.0. The summed E-state index contributed by atoms with van der Waals surface area (Å²) in [5, 5.41) is 1.74. The number of benzene rings is 1. The van der Waals surface area contributed by atoms with Gasteiger partial charge >= 0.3 is 0 Å². The van der Waals surface area contributed by atoms with Gasteiger partial charge in [-0.3, -0.25) is 9.78 Å². The summed E-state index contributed by atoms with van der Waals surface area (Å²) < 4.78 is 0. The molecule has 2 aromatic rings. The van der Waals surface area contributed by atoms with Crippen LogP contribution in [0.25, 0.3) is 10.9 Å². The molecule has 4 rings (SSSR count). The number of hydrogen-bond donors (Lipinski definition) is 0. The largest absolute Gasteiger partial charge is 0.357 e. The van der Waals surface area contributed by atoms with E-state index in [1.165, 1.54) is 0 Å². The van der Waals surface area contributed by atoms with Crippen LogP contribution in [0.3, 0.4) is 0 Å². The molecule has 0 N–H and O–H groups in total. The summed E-state index contributed by atoms with van der Waals surface area (Å²) in [7, 11) is 0. The number of hydrogen-bond acceptors (Lipinski definition) is 3. The molecule has 2 aliphatic heterocycles. The van der Waals surface area contributed by atoms with Gasteiger partial charge in [-0.05, 0) is 44.0 Å². The maximum Gasteiger partial charge on any atom is 0.245 e. The second-order valence-electron chi connectivity index (χ2n) is 6.15. The van der Waals surface area contributed by atoms with Crippen LogP contribution in [0.4, 0.5) is 5.69 Å². The summed E-state index contributed by atoms with van der Waals surface area (Å²) in [4.78, 5) is 21.3. The van der Waals surface area contributed by atoms with Crippen molar-refractivity contribution in [3.8, 4) is 0 Å². The summed E-state index contributed by atoms with van der Waals surface area (Å²) in [5.41, 5.74) is 1.95. The van der Waals surface area contributed by atoms with Gasteiger partial charge in [0.25, 0.3) is 0 Å². The molecular formula is C17H18ClN3O. The second-order valence-corrected chi connectivity index (χ2v) is 6.58. The topological polar surface area (TPSA) is 36.4 Å². The molecule has 2 aliphatic rings. The minimum absolute atomic E-state index is 0.129. The van der Waals surface area contributed by atoms with Gasteiger partial charge in [0.2, 0.25) is 5.91 Å². The molecule has 5 heteroatoms. The third-order valence-electron chi connectivity index (χ3n) is 4.88. The normalized spacial score (nSPS) is 24.9. The smallest absolute Gasteiger partial charge is 0.245 e. The molecule has 0 spiro atoms. The molecule has 0 bridgehead atoms. The summed E-state index contributed by atoms with van der Waals surface area (Å²) >= 11 is 6.07. The Morgan fingerprint density at radius 2 is 2.14 bits per heavy atom. The van der Waals surface area contributed by atoms with Gasteiger partial charge in [-0.25, -0.2) is 0 Å². The number of halogens is 1. The molecule has 0 aliphatic carbocycles. The molecule has 114 valence electrons. The van der Waals surface area contributed by atoms with E-state index >= 15 is 0 Å². The van der Waals surface area contributed by atoms with Gasteiger partial charge in [0, 0.05) is 41.4 Å². The summed E-state index contributed by atoms with van der Waals surface area (Å²) in [6, 6.07) is 7.98. The van der Waals surface area contributed by atoms with Crippen LogP contribution < -0.4 is 4.90 Å². The van der Waals surface area contributed by atoms with E-state index in [0.717, 1.165) is 42.5 Å². The zero-order valence-electron chi connectivity index (χ0n) is 12.5. The van der Waals surface area contributed by atoms with Gasteiger partial charge in [-0.15, -0.1) is 0 Å². The van der Waals surface area contributed by atoms with Crippen molar-refractivity contribution in [2.24, 2.45) is 0 Å². The molecule has 1 aromatic carbocycles. The van der Waals surface area contributed by atoms with E-state index in [1.54, 1.807) is 6.20 Å². The number of carbonyl (C=O) groups excluding carboxylic acids is 1. The molecule has 1 aromatic heterocycles.